The van der Waals surface area contributed by atoms with Gasteiger partial charge < -0.3 is 20.0 Å². The summed E-state index contributed by atoms with van der Waals surface area (Å²) in [4.78, 5) is 18.6. The topological polar surface area (TPSA) is 87.7 Å². The average Bonchev–Trinajstić information content (AvgIpc) is 3.18. The second-order valence-electron chi connectivity index (χ2n) is 7.18. The van der Waals surface area contributed by atoms with Gasteiger partial charge >= 0.3 is 0 Å². The Morgan fingerprint density at radius 2 is 2.15 bits per heavy atom. The molecule has 1 amide bonds. The van der Waals surface area contributed by atoms with E-state index in [4.69, 9.17) is 4.42 Å². The SMILES string of the molecule is CN(C)CCNC(=O)c1ccc(-c2cnc3ccc(NCC4CC4)nn23)o1. The molecule has 0 atom stereocenters. The average molecular weight is 368 g/mol. The number of likely N-dealkylation sites (N-methyl/N-ethyl adjacent to an activating group) is 1. The number of hydrogen-bond acceptors (Lipinski definition) is 6. The van der Waals surface area contributed by atoms with Crippen LogP contribution >= 0.6 is 0 Å². The van der Waals surface area contributed by atoms with Crippen LogP contribution in [0.3, 0.4) is 0 Å². The molecular weight excluding hydrogens is 344 g/mol. The van der Waals surface area contributed by atoms with E-state index in [1.807, 2.05) is 31.1 Å². The van der Waals surface area contributed by atoms with Gasteiger partial charge in [-0.1, -0.05) is 0 Å². The van der Waals surface area contributed by atoms with Crippen molar-refractivity contribution in [3.8, 4) is 11.5 Å². The van der Waals surface area contributed by atoms with Crippen molar-refractivity contribution >= 4 is 17.4 Å². The number of hydrogen-bond donors (Lipinski definition) is 2. The number of aromatic nitrogens is 3. The summed E-state index contributed by atoms with van der Waals surface area (Å²) < 4.78 is 7.49. The van der Waals surface area contributed by atoms with Crippen LogP contribution in [0.4, 0.5) is 5.82 Å². The zero-order valence-corrected chi connectivity index (χ0v) is 15.6. The number of anilines is 1. The van der Waals surface area contributed by atoms with E-state index in [0.717, 1.165) is 30.5 Å². The van der Waals surface area contributed by atoms with E-state index in [2.05, 4.69) is 20.7 Å². The molecule has 27 heavy (non-hydrogen) atoms. The first kappa shape index (κ1) is 17.5. The Labute approximate surface area is 157 Å². The first-order valence-corrected chi connectivity index (χ1v) is 9.22. The van der Waals surface area contributed by atoms with Crippen LogP contribution in [0.5, 0.6) is 0 Å². The van der Waals surface area contributed by atoms with Gasteiger partial charge in [-0.15, -0.1) is 5.10 Å². The number of carbonyl (C=O) groups excluding carboxylic acids is 1. The van der Waals surface area contributed by atoms with Crippen LogP contribution in [0.2, 0.25) is 0 Å². The predicted octanol–water partition coefficient (Wildman–Crippen LogP) is 2.10. The molecule has 0 unspecified atom stereocenters. The van der Waals surface area contributed by atoms with Crippen molar-refractivity contribution in [1.29, 1.82) is 0 Å². The van der Waals surface area contributed by atoms with Gasteiger partial charge in [-0.3, -0.25) is 4.79 Å². The van der Waals surface area contributed by atoms with E-state index < -0.39 is 0 Å². The largest absolute Gasteiger partial charge is 0.449 e. The number of furan rings is 1. The van der Waals surface area contributed by atoms with Gasteiger partial charge in [0.1, 0.15) is 11.5 Å². The molecule has 1 saturated carbocycles. The Kier molecular flexibility index (Phi) is 4.81. The molecule has 3 aromatic heterocycles. The lowest BCUT2D eigenvalue weighted by molar-refractivity contribution is 0.0924. The molecule has 1 aliphatic rings. The fourth-order valence-electron chi connectivity index (χ4n) is 2.78. The molecule has 2 N–H and O–H groups in total. The van der Waals surface area contributed by atoms with Crippen LogP contribution in [0.15, 0.2) is 34.9 Å². The molecule has 8 nitrogen and oxygen atoms in total. The van der Waals surface area contributed by atoms with Crippen LogP contribution in [0.25, 0.3) is 17.1 Å². The van der Waals surface area contributed by atoms with E-state index in [1.54, 1.807) is 22.8 Å². The maximum Gasteiger partial charge on any atom is 0.287 e. The second-order valence-corrected chi connectivity index (χ2v) is 7.18. The summed E-state index contributed by atoms with van der Waals surface area (Å²) >= 11 is 0. The van der Waals surface area contributed by atoms with Gasteiger partial charge in [0.2, 0.25) is 0 Å². The Morgan fingerprint density at radius 1 is 1.30 bits per heavy atom. The summed E-state index contributed by atoms with van der Waals surface area (Å²) in [6.45, 7) is 2.28. The second kappa shape index (κ2) is 7.40. The van der Waals surface area contributed by atoms with Gasteiger partial charge in [-0.05, 0) is 57.1 Å². The number of nitrogens with zero attached hydrogens (tertiary/aromatic N) is 4. The van der Waals surface area contributed by atoms with E-state index in [9.17, 15) is 4.79 Å². The molecule has 8 heteroatoms. The monoisotopic (exact) mass is 368 g/mol. The maximum atomic E-state index is 12.2. The molecular formula is C19H24N6O2. The third-order valence-electron chi connectivity index (χ3n) is 4.56. The van der Waals surface area contributed by atoms with Crippen molar-refractivity contribution in [2.45, 2.75) is 12.8 Å². The minimum absolute atomic E-state index is 0.225. The fourth-order valence-corrected chi connectivity index (χ4v) is 2.78. The quantitative estimate of drug-likeness (QED) is 0.633. The van der Waals surface area contributed by atoms with Gasteiger partial charge in [-0.25, -0.2) is 9.50 Å². The Balaban J connectivity index is 1.50. The highest BCUT2D eigenvalue weighted by Crippen LogP contribution is 2.29. The molecule has 3 heterocycles. The smallest absolute Gasteiger partial charge is 0.287 e. The molecule has 142 valence electrons. The molecule has 4 rings (SSSR count). The van der Waals surface area contributed by atoms with Crippen molar-refractivity contribution in [3.63, 3.8) is 0 Å². The van der Waals surface area contributed by atoms with Crippen molar-refractivity contribution < 1.29 is 9.21 Å². The normalized spacial score (nSPS) is 14.0. The minimum atomic E-state index is -0.225. The molecule has 0 spiro atoms. The van der Waals surface area contributed by atoms with E-state index in [1.165, 1.54) is 12.8 Å². The molecule has 1 fully saturated rings. The zero-order valence-electron chi connectivity index (χ0n) is 15.6. The summed E-state index contributed by atoms with van der Waals surface area (Å²) in [5.74, 6) is 2.19. The number of imidazole rings is 1. The fraction of sp³-hybridized carbons (Fsp3) is 0.421. The number of fused-ring (bicyclic) bond motifs is 1. The summed E-state index contributed by atoms with van der Waals surface area (Å²) in [6, 6.07) is 7.30. The highest BCUT2D eigenvalue weighted by Gasteiger charge is 2.21. The van der Waals surface area contributed by atoms with E-state index in [0.29, 0.717) is 18.0 Å². The van der Waals surface area contributed by atoms with Crippen LogP contribution < -0.4 is 10.6 Å². The zero-order chi connectivity index (χ0) is 18.8. The summed E-state index contributed by atoms with van der Waals surface area (Å²) in [7, 11) is 3.92. The Morgan fingerprint density at radius 3 is 2.93 bits per heavy atom. The summed E-state index contributed by atoms with van der Waals surface area (Å²) in [5, 5.41) is 10.8. The van der Waals surface area contributed by atoms with Gasteiger partial charge in [0, 0.05) is 19.6 Å². The number of rotatable bonds is 8. The molecule has 0 bridgehead atoms. The lowest BCUT2D eigenvalue weighted by Crippen LogP contribution is -2.31. The highest BCUT2D eigenvalue weighted by atomic mass is 16.4. The van der Waals surface area contributed by atoms with E-state index in [-0.39, 0.29) is 11.7 Å². The molecule has 0 radical (unpaired) electrons. The Hall–Kier alpha value is -2.87. The maximum absolute atomic E-state index is 12.2. The molecule has 0 saturated heterocycles. The first-order chi connectivity index (χ1) is 13.1. The van der Waals surface area contributed by atoms with Crippen LogP contribution in [0, 0.1) is 5.92 Å². The number of amides is 1. The van der Waals surface area contributed by atoms with Crippen LogP contribution in [-0.2, 0) is 0 Å². The van der Waals surface area contributed by atoms with Gasteiger partial charge in [0.25, 0.3) is 5.91 Å². The third kappa shape index (κ3) is 4.11. The van der Waals surface area contributed by atoms with Crippen LogP contribution in [-0.4, -0.2) is 59.1 Å². The van der Waals surface area contributed by atoms with Crippen molar-refractivity contribution in [2.24, 2.45) is 5.92 Å². The summed E-state index contributed by atoms with van der Waals surface area (Å²) in [5.41, 5.74) is 1.45. The number of nitrogens with one attached hydrogen (secondary N) is 2. The number of carbonyl (C=O) groups is 1. The minimum Gasteiger partial charge on any atom is -0.449 e. The van der Waals surface area contributed by atoms with Crippen molar-refractivity contribution in [3.05, 3.63) is 36.2 Å². The van der Waals surface area contributed by atoms with Gasteiger partial charge in [0.15, 0.2) is 17.2 Å². The van der Waals surface area contributed by atoms with Crippen molar-refractivity contribution in [2.75, 3.05) is 39.0 Å². The first-order valence-electron chi connectivity index (χ1n) is 9.22. The molecule has 1 aliphatic carbocycles. The predicted molar refractivity (Wildman–Crippen MR) is 103 cm³/mol. The van der Waals surface area contributed by atoms with Crippen molar-refractivity contribution in [1.82, 2.24) is 24.8 Å². The van der Waals surface area contributed by atoms with Gasteiger partial charge in [0.05, 0.1) is 6.20 Å². The van der Waals surface area contributed by atoms with Gasteiger partial charge in [-0.2, -0.15) is 0 Å². The lowest BCUT2D eigenvalue weighted by Gasteiger charge is -2.09. The lowest BCUT2D eigenvalue weighted by atomic mass is 10.3. The summed E-state index contributed by atoms with van der Waals surface area (Å²) in [6.07, 6.45) is 4.29. The third-order valence-corrected chi connectivity index (χ3v) is 4.56. The molecule has 3 aromatic rings. The van der Waals surface area contributed by atoms with E-state index >= 15 is 0 Å². The standard InChI is InChI=1S/C19H24N6O2/c1-24(2)10-9-20-19(26)16-6-5-15(27-16)14-12-22-18-8-7-17(23-25(14)18)21-11-13-3-4-13/h5-8,12-13H,3-4,9-11H2,1-2H3,(H,20,26)(H,21,23). The molecule has 0 aliphatic heterocycles. The molecule has 0 aromatic carbocycles. The van der Waals surface area contributed by atoms with Crippen LogP contribution in [0.1, 0.15) is 23.4 Å². The Bertz CT molecular complexity index is 941. The highest BCUT2D eigenvalue weighted by molar-refractivity contribution is 5.92.